The molecule has 0 unspecified atom stereocenters. The number of aliphatic imine (C=N–C) groups is 2. The van der Waals surface area contributed by atoms with E-state index in [9.17, 15) is 0 Å². The van der Waals surface area contributed by atoms with E-state index in [1.807, 2.05) is 72.8 Å². The van der Waals surface area contributed by atoms with Gasteiger partial charge < -0.3 is 5.73 Å². The van der Waals surface area contributed by atoms with Crippen molar-refractivity contribution in [2.75, 3.05) is 0 Å². The van der Waals surface area contributed by atoms with Gasteiger partial charge in [0, 0.05) is 23.7 Å². The second kappa shape index (κ2) is 13.7. The molecule has 8 nitrogen and oxygen atoms in total. The maximum atomic E-state index is 6.45. The van der Waals surface area contributed by atoms with E-state index in [0.717, 1.165) is 73.2 Å². The van der Waals surface area contributed by atoms with E-state index in [2.05, 4.69) is 43.6 Å². The molecule has 0 fully saturated rings. The zero-order chi connectivity index (χ0) is 32.9. The molecule has 0 spiro atoms. The fourth-order valence-electron chi connectivity index (χ4n) is 5.58. The molecule has 7 heterocycles. The molecule has 0 saturated heterocycles. The van der Waals surface area contributed by atoms with Crippen molar-refractivity contribution in [3.05, 3.63) is 198 Å². The third-order valence-corrected chi connectivity index (χ3v) is 8.35. The Balaban J connectivity index is 1.35. The fourth-order valence-corrected chi connectivity index (χ4v) is 5.88. The van der Waals surface area contributed by atoms with E-state index in [1.165, 1.54) is 0 Å². The summed E-state index contributed by atoms with van der Waals surface area (Å²) in [6.07, 6.45) is 23.6. The van der Waals surface area contributed by atoms with Gasteiger partial charge in [0.2, 0.25) is 0 Å². The average molecular weight is 667 g/mol. The van der Waals surface area contributed by atoms with Gasteiger partial charge in [0.1, 0.15) is 0 Å². The van der Waals surface area contributed by atoms with Crippen LogP contribution in [0.1, 0.15) is 33.6 Å². The maximum absolute atomic E-state index is 6.45. The zero-order valence-corrected chi connectivity index (χ0v) is 26.6. The first-order valence-electron chi connectivity index (χ1n) is 15.1. The normalized spacial score (nSPS) is 16.3. The van der Waals surface area contributed by atoms with Gasteiger partial charge in [-0.15, -0.1) is 0 Å². The molecule has 0 aromatic carbocycles. The molecule has 2 aliphatic heterocycles. The Morgan fingerprint density at radius 1 is 0.562 bits per heavy atom. The van der Waals surface area contributed by atoms with Crippen molar-refractivity contribution in [2.45, 2.75) is 0 Å². The summed E-state index contributed by atoms with van der Waals surface area (Å²) in [4.78, 5) is 30.6. The molecule has 0 bridgehead atoms. The van der Waals surface area contributed by atoms with Crippen molar-refractivity contribution in [2.24, 2.45) is 15.7 Å². The molecule has 2 aliphatic rings. The van der Waals surface area contributed by atoms with E-state index >= 15 is 0 Å². The molecule has 0 saturated carbocycles. The number of aromatic amines is 1. The topological polar surface area (TPSA) is 118 Å². The van der Waals surface area contributed by atoms with Crippen molar-refractivity contribution in [3.63, 3.8) is 0 Å². The zero-order valence-electron chi connectivity index (χ0n) is 25.6. The molecule has 0 atom stereocenters. The van der Waals surface area contributed by atoms with Gasteiger partial charge in [0.05, 0.1) is 0 Å². The van der Waals surface area contributed by atoms with E-state index in [1.54, 1.807) is 55.7 Å². The molecule has 48 heavy (non-hydrogen) atoms. The number of hydrogen-bond acceptors (Lipinski definition) is 7. The average Bonchev–Trinajstić information content (AvgIpc) is 3.93. The van der Waals surface area contributed by atoms with E-state index in [-0.39, 0.29) is 0 Å². The summed E-state index contributed by atoms with van der Waals surface area (Å²) in [6.45, 7) is 3.90. The fraction of sp³-hybridized carbons (Fsp3) is 0. The van der Waals surface area contributed by atoms with Gasteiger partial charge in [-0.25, -0.2) is 0 Å². The third kappa shape index (κ3) is 6.15. The first-order valence-corrected chi connectivity index (χ1v) is 15.6. The summed E-state index contributed by atoms with van der Waals surface area (Å²) >= 11 is 5.42. The number of rotatable bonds is 9. The number of aromatic nitrogens is 5. The molecule has 0 radical (unpaired) electrons. The van der Waals surface area contributed by atoms with Crippen molar-refractivity contribution >= 4 is 32.6 Å². The first kappa shape index (κ1) is 30.5. The Labute approximate surface area is 285 Å². The number of nitrogens with two attached hydrogens (primary N) is 1. The molecular weight excluding hydrogens is 639 g/mol. The summed E-state index contributed by atoms with van der Waals surface area (Å²) in [7, 11) is 0. The predicted octanol–water partition coefficient (Wildman–Crippen LogP) is 6.46. The molecule has 3 N–H and O–H groups in total. The number of nitrogens with one attached hydrogen (secondary N) is 1. The molecule has 234 valence electrons. The molecule has 5 aromatic heterocycles. The number of H-pyrrole nitrogens is 1. The number of allylic oxidation sites excluding steroid dienone is 6. The summed E-state index contributed by atoms with van der Waals surface area (Å²) < 4.78 is 0.702. The van der Waals surface area contributed by atoms with Gasteiger partial charge in [-0.2, -0.15) is 0 Å². The van der Waals surface area contributed by atoms with Gasteiger partial charge >= 0.3 is 217 Å². The minimum atomic E-state index is 0.529. The van der Waals surface area contributed by atoms with Crippen LogP contribution < -0.4 is 5.73 Å². The monoisotopic (exact) mass is 666 g/mol. The van der Waals surface area contributed by atoms with Crippen molar-refractivity contribution < 1.29 is 15.0 Å². The Kier molecular flexibility index (Phi) is 8.68. The van der Waals surface area contributed by atoms with Crippen LogP contribution in [0.2, 0.25) is 0 Å². The smallest absolute Gasteiger partial charge is 0.265 e. The third-order valence-electron chi connectivity index (χ3n) is 7.81. The summed E-state index contributed by atoms with van der Waals surface area (Å²) in [5, 5.41) is 0. The van der Waals surface area contributed by atoms with Crippen LogP contribution in [-0.2, 0) is 15.0 Å². The van der Waals surface area contributed by atoms with E-state index in [4.69, 9.17) is 30.8 Å². The van der Waals surface area contributed by atoms with Gasteiger partial charge in [0.25, 0.3) is 0 Å². The van der Waals surface area contributed by atoms with Crippen molar-refractivity contribution in [1.82, 2.24) is 24.9 Å². The van der Waals surface area contributed by atoms with Gasteiger partial charge in [-0.3, -0.25) is 9.97 Å². The second-order valence-corrected chi connectivity index (χ2v) is 11.2. The van der Waals surface area contributed by atoms with Crippen LogP contribution in [0, 0.1) is 0 Å². The van der Waals surface area contributed by atoms with Crippen LogP contribution >= 0.6 is 0 Å². The van der Waals surface area contributed by atoms with Crippen LogP contribution in [0.3, 0.4) is 0 Å². The van der Waals surface area contributed by atoms with Crippen molar-refractivity contribution in [1.29, 1.82) is 0 Å². The Morgan fingerprint density at radius 2 is 0.979 bits per heavy atom. The number of hydrogen-bond donors (Lipinski definition) is 2. The molecule has 9 heteroatoms. The summed E-state index contributed by atoms with van der Waals surface area (Å²) in [5.74, 6) is 0. The van der Waals surface area contributed by atoms with Crippen molar-refractivity contribution in [3.8, 4) is 0 Å². The predicted molar refractivity (Wildman–Crippen MR) is 188 cm³/mol. The van der Waals surface area contributed by atoms with Crippen LogP contribution in [-0.4, -0.2) is 40.8 Å². The first-order chi connectivity index (χ1) is 23.6. The quantitative estimate of drug-likeness (QED) is 0.138. The molecule has 7 rings (SSSR count). The Bertz CT molecular complexity index is 2240. The van der Waals surface area contributed by atoms with E-state index in [0.29, 0.717) is 10.2 Å². The van der Waals surface area contributed by atoms with Crippen LogP contribution in [0.15, 0.2) is 174 Å². The standard InChI is InChI=1S/C39H28N8.Ni/c1-2-31(40)37(27-11-19-42-20-12-27)32-5-6-35(46-32)39(29-15-23-44-24-16-29)36-8-7-34(47-36)38(28-13-21-43-22-14-28)33-4-3-30(45-33)25-26-9-17-41-18-10-26;/h2-24,47H,1,40H2;/b37-31-,38-33-,39-35-;. The summed E-state index contributed by atoms with van der Waals surface area (Å²) in [5.41, 5.74) is 18.1. The molecule has 0 amide bonds. The van der Waals surface area contributed by atoms with Gasteiger partial charge in [-0.05, 0) is 23.8 Å². The summed E-state index contributed by atoms with van der Waals surface area (Å²) in [6, 6.07) is 19.6. The Morgan fingerprint density at radius 3 is 1.46 bits per heavy atom. The molecular formula is C39H28N8Ni. The SMILES string of the molecule is C=C/C(N)=C(C1=N/C(=C(/c2ccncc2)c2ccc(/C(=C3/C=CC([C](=[Ni])c4ccncc4)=N3)c3ccncc3)[nH]2)C=C1)\c1ccncc1. The molecule has 5 aromatic rings. The number of nitrogens with zero attached hydrogens (tertiary/aromatic N) is 6. The van der Waals surface area contributed by atoms with Crippen LogP contribution in [0.25, 0.3) is 16.7 Å². The van der Waals surface area contributed by atoms with Crippen LogP contribution in [0.5, 0.6) is 0 Å². The van der Waals surface area contributed by atoms with Crippen LogP contribution in [0.4, 0.5) is 0 Å². The minimum absolute atomic E-state index is 0.529. The minimum Gasteiger partial charge on any atom is -0.265 e. The molecule has 0 aliphatic carbocycles. The van der Waals surface area contributed by atoms with Gasteiger partial charge in [0.15, 0.2) is 0 Å². The Hall–Kier alpha value is -6.18. The van der Waals surface area contributed by atoms with Gasteiger partial charge in [-0.1, -0.05) is 6.58 Å². The number of pyridine rings is 4. The van der Waals surface area contributed by atoms with E-state index < -0.39 is 0 Å². The second-order valence-electron chi connectivity index (χ2n) is 10.7.